The van der Waals surface area contributed by atoms with Crippen LogP contribution in [0.4, 0.5) is 0 Å². The second-order valence-electron chi connectivity index (χ2n) is 17.9. The van der Waals surface area contributed by atoms with Crippen LogP contribution in [0.2, 0.25) is 0 Å². The molecule has 2 saturated heterocycles. The lowest BCUT2D eigenvalue weighted by Gasteiger charge is -2.46. The lowest BCUT2D eigenvalue weighted by atomic mass is 9.79. The van der Waals surface area contributed by atoms with Crippen LogP contribution < -0.4 is 0 Å². The summed E-state index contributed by atoms with van der Waals surface area (Å²) < 4.78 is 44.1. The van der Waals surface area contributed by atoms with E-state index in [9.17, 15) is 35.1 Å². The van der Waals surface area contributed by atoms with E-state index in [-0.39, 0.29) is 25.4 Å². The number of cyclic esters (lactones) is 1. The first-order chi connectivity index (χ1) is 29.9. The third kappa shape index (κ3) is 14.4. The number of allylic oxidation sites excluding steroid dienone is 3. The van der Waals surface area contributed by atoms with Crippen molar-refractivity contribution in [3.05, 3.63) is 35.7 Å². The number of aromatic nitrogens is 3. The maximum atomic E-state index is 14.0. The summed E-state index contributed by atoms with van der Waals surface area (Å²) in [4.78, 5) is 29.5. The number of nitrogens with zero attached hydrogens (tertiary/aromatic N) is 4. The van der Waals surface area contributed by atoms with Crippen molar-refractivity contribution in [3.63, 3.8) is 0 Å². The zero-order valence-corrected chi connectivity index (χ0v) is 38.9. The first-order valence-electron chi connectivity index (χ1n) is 22.6. The number of aryl methyl sites for hydroxylation is 2. The van der Waals surface area contributed by atoms with Gasteiger partial charge in [0.15, 0.2) is 18.4 Å². The Kier molecular flexibility index (Phi) is 21.2. The van der Waals surface area contributed by atoms with Gasteiger partial charge in [0.1, 0.15) is 30.5 Å². The highest BCUT2D eigenvalue weighted by molar-refractivity contribution is 5.91. The number of ether oxygens (including phenoxy) is 7. The summed E-state index contributed by atoms with van der Waals surface area (Å²) >= 11 is 0. The molecule has 0 aliphatic carbocycles. The van der Waals surface area contributed by atoms with E-state index in [2.05, 4.69) is 10.3 Å². The molecule has 17 atom stereocenters. The van der Waals surface area contributed by atoms with Gasteiger partial charge in [-0.1, -0.05) is 43.7 Å². The van der Waals surface area contributed by atoms with Crippen molar-refractivity contribution < 1.29 is 68.3 Å². The second kappa shape index (κ2) is 25.3. The third-order valence-electron chi connectivity index (χ3n) is 12.9. The Bertz CT molecular complexity index is 1610. The number of ketones is 1. The molecule has 63 heavy (non-hydrogen) atoms. The molecule has 3 aliphatic rings. The molecule has 1 aromatic heterocycles. The fourth-order valence-electron chi connectivity index (χ4n) is 8.97. The summed E-state index contributed by atoms with van der Waals surface area (Å²) in [6.07, 6.45) is -1.28. The molecule has 0 radical (unpaired) electrons. The Morgan fingerprint density at radius 2 is 1.59 bits per heavy atom. The van der Waals surface area contributed by atoms with Gasteiger partial charge >= 0.3 is 5.97 Å². The number of methoxy groups -OCH3 is 2. The van der Waals surface area contributed by atoms with Crippen LogP contribution >= 0.6 is 0 Å². The van der Waals surface area contributed by atoms with Crippen LogP contribution in [0.5, 0.6) is 0 Å². The average molecular weight is 897 g/mol. The number of rotatable bonds is 16. The summed E-state index contributed by atoms with van der Waals surface area (Å²) in [7, 11) is 6.45. The first kappa shape index (κ1) is 52.9. The lowest BCUT2D eigenvalue weighted by molar-refractivity contribution is -0.304. The number of hydrogen-bond acceptors (Lipinski definition) is 17. The topological polar surface area (TPSA) is 234 Å². The Hall–Kier alpha value is -2.72. The molecule has 360 valence electrons. The van der Waals surface area contributed by atoms with Gasteiger partial charge in [-0.25, -0.2) is 0 Å². The highest BCUT2D eigenvalue weighted by Crippen LogP contribution is 2.35. The summed E-state index contributed by atoms with van der Waals surface area (Å²) in [5.41, 5.74) is 1.50. The Labute approximate surface area is 372 Å². The molecule has 3 aliphatic heterocycles. The average Bonchev–Trinajstić information content (AvgIpc) is 3.70. The molecule has 1 aromatic rings. The largest absolute Gasteiger partial charge is 0.462 e. The number of likely N-dealkylation sites (N-methyl/N-ethyl adjacent to an activating group) is 1. The Morgan fingerprint density at radius 1 is 0.905 bits per heavy atom. The van der Waals surface area contributed by atoms with Crippen molar-refractivity contribution in [3.8, 4) is 0 Å². The molecule has 0 spiro atoms. The van der Waals surface area contributed by atoms with E-state index in [1.165, 1.54) is 20.3 Å². The van der Waals surface area contributed by atoms with E-state index in [0.717, 1.165) is 17.7 Å². The molecular formula is C45H76N4O14. The summed E-state index contributed by atoms with van der Waals surface area (Å²) in [5, 5.41) is 63.0. The molecule has 18 heteroatoms. The molecule has 0 amide bonds. The second-order valence-corrected chi connectivity index (χ2v) is 17.9. The van der Waals surface area contributed by atoms with Crippen LogP contribution in [0.1, 0.15) is 85.8 Å². The summed E-state index contributed by atoms with van der Waals surface area (Å²) in [6.45, 7) is 11.2. The maximum absolute atomic E-state index is 14.0. The van der Waals surface area contributed by atoms with Crippen molar-refractivity contribution in [2.45, 2.75) is 173 Å². The molecule has 0 bridgehead atoms. The molecule has 4 unspecified atom stereocenters. The van der Waals surface area contributed by atoms with Gasteiger partial charge in [-0.3, -0.25) is 14.3 Å². The normalized spacial score (nSPS) is 39.2. The minimum absolute atomic E-state index is 0.0162. The monoisotopic (exact) mass is 897 g/mol. The SMILES string of the molecule is CC[C@H]1OC(=O)C[C@@H](O)[C@H](C)[C@@H](O[C@@H]2O[C@H](C)[C@@H](O)C(N(C)C)C2O)[C@@H](CCn2cc(CCCCO)nn2)C[C@@H](C)C(=O)/C=C/C(C)=C/[C@@H]1CO[C@@H]1OC(C)[C@@H](O)[C@H](OC)C1OC. The maximum Gasteiger partial charge on any atom is 0.308 e. The van der Waals surface area contributed by atoms with Gasteiger partial charge in [0.25, 0.3) is 0 Å². The Morgan fingerprint density at radius 3 is 2.24 bits per heavy atom. The fourth-order valence-corrected chi connectivity index (χ4v) is 8.97. The number of aliphatic hydroxyl groups is 5. The molecule has 4 rings (SSSR count). The molecule has 4 heterocycles. The predicted molar refractivity (Wildman–Crippen MR) is 230 cm³/mol. The standard InChI is InChI=1S/C45H76N4O14/c1-11-35-31(24-59-45-43(58-10)42(57-9)39(55)29(6)61-45)20-25(2)15-16-33(51)26(3)21-30(17-18-49-23-32(46-47-49)14-12-13-19-50)41(27(4)34(52)22-36(53)62-35)63-44-40(56)37(48(7)8)38(54)28(5)60-44/h15-16,20,23,26-31,34-35,37-45,50,52,54-56H,11-14,17-19,21-22,24H2,1-10H3/b16-15+,25-20+/t26-,27+,28-,29?,30+,31-,34-,35-,37?,38-,39-,40?,41-,42+,43?,44+,45-/m1/s1. The van der Waals surface area contributed by atoms with Crippen LogP contribution in [-0.2, 0) is 55.7 Å². The van der Waals surface area contributed by atoms with Crippen molar-refractivity contribution in [2.75, 3.05) is 41.5 Å². The van der Waals surface area contributed by atoms with Crippen molar-refractivity contribution in [2.24, 2.45) is 23.7 Å². The van der Waals surface area contributed by atoms with E-state index in [0.29, 0.717) is 38.6 Å². The molecule has 0 saturated carbocycles. The van der Waals surface area contributed by atoms with Gasteiger partial charge in [0.2, 0.25) is 0 Å². The smallest absolute Gasteiger partial charge is 0.308 e. The highest BCUT2D eigenvalue weighted by atomic mass is 16.7. The number of hydrogen-bond donors (Lipinski definition) is 5. The molecule has 5 N–H and O–H groups in total. The van der Waals surface area contributed by atoms with Gasteiger partial charge in [0, 0.05) is 51.3 Å². The zero-order valence-electron chi connectivity index (χ0n) is 38.9. The minimum atomic E-state index is -1.29. The van der Waals surface area contributed by atoms with E-state index in [1.807, 2.05) is 33.0 Å². The van der Waals surface area contributed by atoms with Crippen LogP contribution in [0.25, 0.3) is 0 Å². The minimum Gasteiger partial charge on any atom is -0.462 e. The van der Waals surface area contributed by atoms with Crippen LogP contribution in [0.15, 0.2) is 30.0 Å². The zero-order chi connectivity index (χ0) is 46.5. The number of carbonyl (C=O) groups excluding carboxylic acids is 2. The summed E-state index contributed by atoms with van der Waals surface area (Å²) in [6, 6.07) is -0.732. The fraction of sp³-hybridized carbons (Fsp3) is 0.822. The lowest BCUT2D eigenvalue weighted by Crippen LogP contribution is -2.63. The molecular weight excluding hydrogens is 821 g/mol. The number of unbranched alkanes of at least 4 members (excludes halogenated alkanes) is 1. The molecule has 18 nitrogen and oxygen atoms in total. The van der Waals surface area contributed by atoms with Crippen LogP contribution in [0.3, 0.4) is 0 Å². The van der Waals surface area contributed by atoms with E-state index in [4.69, 9.17) is 33.2 Å². The van der Waals surface area contributed by atoms with Crippen LogP contribution in [0, 0.1) is 23.7 Å². The third-order valence-corrected chi connectivity index (χ3v) is 12.9. The quantitative estimate of drug-likeness (QED) is 0.118. The van der Waals surface area contributed by atoms with E-state index < -0.39 is 109 Å². The number of carbonyl (C=O) groups is 2. The number of esters is 1. The van der Waals surface area contributed by atoms with Gasteiger partial charge in [-0.2, -0.15) is 0 Å². The van der Waals surface area contributed by atoms with Gasteiger partial charge in [0.05, 0.1) is 55.3 Å². The van der Waals surface area contributed by atoms with Crippen molar-refractivity contribution >= 4 is 11.8 Å². The van der Waals surface area contributed by atoms with E-state index in [1.54, 1.807) is 50.5 Å². The Balaban J connectivity index is 1.69. The van der Waals surface area contributed by atoms with Gasteiger partial charge < -0.3 is 63.6 Å². The van der Waals surface area contributed by atoms with Gasteiger partial charge in [-0.05, 0) is 85.4 Å². The molecule has 2 fully saturated rings. The van der Waals surface area contributed by atoms with Crippen molar-refractivity contribution in [1.82, 2.24) is 19.9 Å². The predicted octanol–water partition coefficient (Wildman–Crippen LogP) is 1.97. The van der Waals surface area contributed by atoms with E-state index >= 15 is 0 Å². The molecule has 0 aromatic carbocycles. The number of aliphatic hydroxyl groups excluding tert-OH is 5. The first-order valence-corrected chi connectivity index (χ1v) is 22.6. The van der Waals surface area contributed by atoms with Crippen LogP contribution in [-0.4, -0.2) is 178 Å². The van der Waals surface area contributed by atoms with Crippen molar-refractivity contribution in [1.29, 1.82) is 0 Å². The summed E-state index contributed by atoms with van der Waals surface area (Å²) in [5.74, 6) is -3.02. The van der Waals surface area contributed by atoms with Gasteiger partial charge in [-0.15, -0.1) is 5.10 Å². The highest BCUT2D eigenvalue weighted by Gasteiger charge is 2.48.